The first-order valence-electron chi connectivity index (χ1n) is 6.38. The molecule has 1 unspecified atom stereocenters. The standard InChI is InChI=1S/C15H20ClNO2S/c1-11(8-9-20-3)17(2)14-6-4-12(10-13(14)16)5-7-15(18)19/h4-7,10-11H,8-9H2,1-3H3,(H,18,19)/b7-5+. The van der Waals surface area contributed by atoms with Crippen molar-refractivity contribution < 1.29 is 9.90 Å². The van der Waals surface area contributed by atoms with Crippen molar-refractivity contribution in [2.45, 2.75) is 19.4 Å². The van der Waals surface area contributed by atoms with E-state index in [1.165, 1.54) is 6.08 Å². The number of rotatable bonds is 7. The monoisotopic (exact) mass is 313 g/mol. The van der Waals surface area contributed by atoms with Crippen molar-refractivity contribution in [2.75, 3.05) is 24.0 Å². The van der Waals surface area contributed by atoms with Crippen molar-refractivity contribution in [1.82, 2.24) is 0 Å². The molecular formula is C15H20ClNO2S. The summed E-state index contributed by atoms with van der Waals surface area (Å²) >= 11 is 8.12. The SMILES string of the molecule is CSCCC(C)N(C)c1ccc(/C=C/C(=O)O)cc1Cl. The van der Waals surface area contributed by atoms with Crippen LogP contribution in [0.1, 0.15) is 18.9 Å². The Labute approximate surface area is 129 Å². The van der Waals surface area contributed by atoms with Gasteiger partial charge in [-0.25, -0.2) is 4.79 Å². The number of carboxylic acid groups (broad SMARTS) is 1. The highest BCUT2D eigenvalue weighted by molar-refractivity contribution is 7.98. The lowest BCUT2D eigenvalue weighted by atomic mass is 10.1. The summed E-state index contributed by atoms with van der Waals surface area (Å²) in [4.78, 5) is 12.6. The maximum atomic E-state index is 10.5. The third-order valence-corrected chi connectivity index (χ3v) is 4.12. The summed E-state index contributed by atoms with van der Waals surface area (Å²) in [5, 5.41) is 9.25. The van der Waals surface area contributed by atoms with E-state index in [-0.39, 0.29) is 0 Å². The van der Waals surface area contributed by atoms with Crippen LogP contribution in [0.4, 0.5) is 5.69 Å². The lowest BCUT2D eigenvalue weighted by Gasteiger charge is -2.28. The summed E-state index contributed by atoms with van der Waals surface area (Å²) in [7, 11) is 2.03. The number of nitrogens with zero attached hydrogens (tertiary/aromatic N) is 1. The van der Waals surface area contributed by atoms with Crippen LogP contribution in [0, 0.1) is 0 Å². The summed E-state index contributed by atoms with van der Waals surface area (Å²) < 4.78 is 0. The summed E-state index contributed by atoms with van der Waals surface area (Å²) in [6.45, 7) is 2.17. The van der Waals surface area contributed by atoms with Gasteiger partial charge in [-0.1, -0.05) is 17.7 Å². The molecule has 5 heteroatoms. The first kappa shape index (κ1) is 16.9. The van der Waals surface area contributed by atoms with Crippen LogP contribution in [0.5, 0.6) is 0 Å². The Morgan fingerprint density at radius 3 is 2.80 bits per heavy atom. The fraction of sp³-hybridized carbons (Fsp3) is 0.400. The molecule has 0 saturated heterocycles. The zero-order valence-electron chi connectivity index (χ0n) is 12.0. The normalized spacial score (nSPS) is 12.6. The second-order valence-corrected chi connectivity index (χ2v) is 6.02. The fourth-order valence-electron chi connectivity index (χ4n) is 1.80. The average molecular weight is 314 g/mol. The zero-order chi connectivity index (χ0) is 15.1. The predicted octanol–water partition coefficient (Wildman–Crippen LogP) is 4.02. The Hall–Kier alpha value is -1.13. The van der Waals surface area contributed by atoms with E-state index in [1.807, 2.05) is 30.9 Å². The van der Waals surface area contributed by atoms with Crippen LogP contribution in [0.15, 0.2) is 24.3 Å². The molecule has 0 aliphatic carbocycles. The van der Waals surface area contributed by atoms with E-state index in [9.17, 15) is 4.79 Å². The summed E-state index contributed by atoms with van der Waals surface area (Å²) in [6.07, 6.45) is 5.84. The van der Waals surface area contributed by atoms with Gasteiger partial charge in [-0.3, -0.25) is 0 Å². The minimum atomic E-state index is -0.965. The minimum absolute atomic E-state index is 0.403. The van der Waals surface area contributed by atoms with Gasteiger partial charge in [-0.15, -0.1) is 0 Å². The number of hydrogen-bond donors (Lipinski definition) is 1. The molecule has 0 radical (unpaired) electrons. The van der Waals surface area contributed by atoms with Gasteiger partial charge in [0.2, 0.25) is 0 Å². The van der Waals surface area contributed by atoms with Crippen molar-refractivity contribution in [3.63, 3.8) is 0 Å². The van der Waals surface area contributed by atoms with E-state index in [1.54, 1.807) is 6.07 Å². The molecule has 1 atom stereocenters. The van der Waals surface area contributed by atoms with Crippen LogP contribution in [-0.4, -0.2) is 36.2 Å². The van der Waals surface area contributed by atoms with Crippen LogP contribution < -0.4 is 4.90 Å². The molecule has 0 aromatic heterocycles. The van der Waals surface area contributed by atoms with E-state index in [0.717, 1.165) is 29.5 Å². The number of thioether (sulfide) groups is 1. The topological polar surface area (TPSA) is 40.5 Å². The third-order valence-electron chi connectivity index (χ3n) is 3.17. The number of aliphatic carboxylic acids is 1. The van der Waals surface area contributed by atoms with E-state index in [4.69, 9.17) is 16.7 Å². The minimum Gasteiger partial charge on any atom is -0.478 e. The maximum absolute atomic E-state index is 10.5. The smallest absolute Gasteiger partial charge is 0.328 e. The van der Waals surface area contributed by atoms with Crippen LogP contribution in [0.2, 0.25) is 5.02 Å². The Balaban J connectivity index is 2.84. The molecule has 0 bridgehead atoms. The molecule has 20 heavy (non-hydrogen) atoms. The first-order chi connectivity index (χ1) is 9.45. The second kappa shape index (κ2) is 8.22. The molecule has 110 valence electrons. The molecule has 0 aliphatic heterocycles. The molecule has 0 amide bonds. The number of carboxylic acids is 1. The summed E-state index contributed by atoms with van der Waals surface area (Å²) in [5.41, 5.74) is 1.75. The van der Waals surface area contributed by atoms with Crippen LogP contribution >= 0.6 is 23.4 Å². The molecule has 1 aromatic carbocycles. The van der Waals surface area contributed by atoms with Gasteiger partial charge < -0.3 is 10.0 Å². The van der Waals surface area contributed by atoms with Gasteiger partial charge >= 0.3 is 5.97 Å². The number of hydrogen-bond acceptors (Lipinski definition) is 3. The molecule has 3 nitrogen and oxygen atoms in total. The molecule has 0 heterocycles. The van der Waals surface area contributed by atoms with Crippen molar-refractivity contribution in [3.8, 4) is 0 Å². The largest absolute Gasteiger partial charge is 0.478 e. The Morgan fingerprint density at radius 2 is 2.25 bits per heavy atom. The second-order valence-electron chi connectivity index (χ2n) is 4.62. The van der Waals surface area contributed by atoms with Crippen LogP contribution in [0.25, 0.3) is 6.08 Å². The number of anilines is 1. The van der Waals surface area contributed by atoms with Crippen LogP contribution in [0.3, 0.4) is 0 Å². The molecular weight excluding hydrogens is 294 g/mol. The van der Waals surface area contributed by atoms with Gasteiger partial charge in [0.25, 0.3) is 0 Å². The van der Waals surface area contributed by atoms with Gasteiger partial charge in [0, 0.05) is 19.2 Å². The number of halogens is 1. The van der Waals surface area contributed by atoms with Gasteiger partial charge in [-0.05, 0) is 49.1 Å². The van der Waals surface area contributed by atoms with Crippen molar-refractivity contribution >= 4 is 41.1 Å². The zero-order valence-corrected chi connectivity index (χ0v) is 13.5. The van der Waals surface area contributed by atoms with Crippen molar-refractivity contribution in [2.24, 2.45) is 0 Å². The highest BCUT2D eigenvalue weighted by Gasteiger charge is 2.12. The van der Waals surface area contributed by atoms with Gasteiger partial charge in [0.1, 0.15) is 0 Å². The average Bonchev–Trinajstić information content (AvgIpc) is 2.41. The summed E-state index contributed by atoms with van der Waals surface area (Å²) in [6, 6.07) is 5.99. The van der Waals surface area contributed by atoms with Crippen molar-refractivity contribution in [3.05, 3.63) is 34.9 Å². The molecule has 0 spiro atoms. The van der Waals surface area contributed by atoms with E-state index >= 15 is 0 Å². The fourth-order valence-corrected chi connectivity index (χ4v) is 2.70. The molecule has 1 N–H and O–H groups in total. The molecule has 0 saturated carbocycles. The highest BCUT2D eigenvalue weighted by atomic mass is 35.5. The number of benzene rings is 1. The molecule has 0 aliphatic rings. The quantitative estimate of drug-likeness (QED) is 0.772. The van der Waals surface area contributed by atoms with Crippen molar-refractivity contribution in [1.29, 1.82) is 0 Å². The van der Waals surface area contributed by atoms with Gasteiger partial charge in [0.15, 0.2) is 0 Å². The van der Waals surface area contributed by atoms with E-state index in [0.29, 0.717) is 11.1 Å². The molecule has 1 rings (SSSR count). The Kier molecular flexibility index (Phi) is 6.96. The van der Waals surface area contributed by atoms with Gasteiger partial charge in [0.05, 0.1) is 10.7 Å². The van der Waals surface area contributed by atoms with E-state index in [2.05, 4.69) is 18.1 Å². The van der Waals surface area contributed by atoms with Gasteiger partial charge in [-0.2, -0.15) is 11.8 Å². The maximum Gasteiger partial charge on any atom is 0.328 e. The molecule has 0 fully saturated rings. The summed E-state index contributed by atoms with van der Waals surface area (Å²) in [5.74, 6) is 0.149. The van der Waals surface area contributed by atoms with Crippen LogP contribution in [-0.2, 0) is 4.79 Å². The third kappa shape index (κ3) is 5.10. The Bertz CT molecular complexity index is 491. The lowest BCUT2D eigenvalue weighted by molar-refractivity contribution is -0.131. The Morgan fingerprint density at radius 1 is 1.55 bits per heavy atom. The molecule has 1 aromatic rings. The first-order valence-corrected chi connectivity index (χ1v) is 8.15. The highest BCUT2D eigenvalue weighted by Crippen LogP contribution is 2.28. The predicted molar refractivity (Wildman–Crippen MR) is 89.0 cm³/mol. The van der Waals surface area contributed by atoms with E-state index < -0.39 is 5.97 Å². The number of carbonyl (C=O) groups is 1. The lowest BCUT2D eigenvalue weighted by Crippen LogP contribution is -2.29.